The smallest absolute Gasteiger partial charge is 0.135 e. The predicted molar refractivity (Wildman–Crippen MR) is 146 cm³/mol. The van der Waals surface area contributed by atoms with E-state index in [2.05, 4.69) is 0 Å². The molecular weight excluding hydrogens is 542 g/mol. The van der Waals surface area contributed by atoms with E-state index < -0.39 is 17.7 Å². The van der Waals surface area contributed by atoms with E-state index in [1.54, 1.807) is 19.2 Å². The summed E-state index contributed by atoms with van der Waals surface area (Å²) in [7, 11) is 1.60. The van der Waals surface area contributed by atoms with Crippen molar-refractivity contribution in [3.05, 3.63) is 111 Å². The van der Waals surface area contributed by atoms with Crippen molar-refractivity contribution in [2.75, 3.05) is 20.3 Å². The standard InChI is InChI=1S/C27H26Cl4N2O3/c1-35-23-4-2-3-19(13-23)25(34)15-32-11-12-33(17-32)27(31)26(18-5-8-21(28)9-6-18)36-16-20-7-10-22(29)14-24(20)30/h2-14,25-27,34H,15-17H2,1H3. The van der Waals surface area contributed by atoms with Gasteiger partial charge in [-0.2, -0.15) is 0 Å². The summed E-state index contributed by atoms with van der Waals surface area (Å²) in [5, 5.41) is 12.5. The fraction of sp³-hybridized carbons (Fsp3) is 0.259. The van der Waals surface area contributed by atoms with Crippen LogP contribution in [0.1, 0.15) is 28.9 Å². The number of β-amino-alcohol motifs (C(OH)–C–C–N with tert-alkyl or cyclic N) is 1. The number of benzene rings is 3. The molecule has 1 heterocycles. The summed E-state index contributed by atoms with van der Waals surface area (Å²) < 4.78 is 11.6. The third kappa shape index (κ3) is 6.80. The minimum atomic E-state index is -0.686. The second kappa shape index (κ2) is 12.4. The highest BCUT2D eigenvalue weighted by Gasteiger charge is 2.30. The van der Waals surface area contributed by atoms with Crippen molar-refractivity contribution in [3.63, 3.8) is 0 Å². The van der Waals surface area contributed by atoms with E-state index in [1.165, 1.54) is 0 Å². The van der Waals surface area contributed by atoms with Crippen LogP contribution in [0.3, 0.4) is 0 Å². The van der Waals surface area contributed by atoms with Gasteiger partial charge in [0.2, 0.25) is 0 Å². The first-order valence-corrected chi connectivity index (χ1v) is 12.9. The number of hydrogen-bond acceptors (Lipinski definition) is 5. The molecule has 9 heteroatoms. The average molecular weight is 568 g/mol. The zero-order chi connectivity index (χ0) is 25.7. The van der Waals surface area contributed by atoms with Gasteiger partial charge in [0.1, 0.15) is 17.4 Å². The van der Waals surface area contributed by atoms with Gasteiger partial charge in [0.05, 0.1) is 26.5 Å². The lowest BCUT2D eigenvalue weighted by atomic mass is 10.1. The van der Waals surface area contributed by atoms with Gasteiger partial charge < -0.3 is 24.4 Å². The Bertz CT molecular complexity index is 1190. The lowest BCUT2D eigenvalue weighted by molar-refractivity contribution is 0.00516. The summed E-state index contributed by atoms with van der Waals surface area (Å²) in [5.74, 6) is 0.703. The van der Waals surface area contributed by atoms with Gasteiger partial charge in [-0.3, -0.25) is 0 Å². The Morgan fingerprint density at radius 2 is 1.67 bits per heavy atom. The molecule has 36 heavy (non-hydrogen) atoms. The molecule has 1 N–H and O–H groups in total. The molecule has 0 saturated carbocycles. The molecule has 190 valence electrons. The maximum atomic E-state index is 10.8. The lowest BCUT2D eigenvalue weighted by Gasteiger charge is -2.32. The minimum absolute atomic E-state index is 0.252. The molecule has 0 bridgehead atoms. The Hall–Kier alpha value is -2.12. The average Bonchev–Trinajstić information content (AvgIpc) is 3.34. The van der Waals surface area contributed by atoms with Gasteiger partial charge in [0.25, 0.3) is 0 Å². The molecule has 3 aromatic carbocycles. The number of rotatable bonds is 10. The molecule has 3 unspecified atom stereocenters. The monoisotopic (exact) mass is 566 g/mol. The van der Waals surface area contributed by atoms with Gasteiger partial charge >= 0.3 is 0 Å². The summed E-state index contributed by atoms with van der Waals surface area (Å²) in [6.07, 6.45) is 2.64. The molecule has 0 aromatic heterocycles. The molecule has 0 fully saturated rings. The van der Waals surface area contributed by atoms with Crippen LogP contribution in [-0.2, 0) is 11.3 Å². The number of aliphatic hydroxyl groups is 1. The second-order valence-corrected chi connectivity index (χ2v) is 10.1. The normalized spacial score (nSPS) is 15.7. The van der Waals surface area contributed by atoms with Crippen molar-refractivity contribution in [1.29, 1.82) is 0 Å². The van der Waals surface area contributed by atoms with Crippen LogP contribution in [0.4, 0.5) is 0 Å². The van der Waals surface area contributed by atoms with Gasteiger partial charge in [-0.15, -0.1) is 0 Å². The number of aliphatic hydroxyl groups excluding tert-OH is 1. The fourth-order valence-electron chi connectivity index (χ4n) is 3.92. The van der Waals surface area contributed by atoms with Crippen LogP contribution in [0.5, 0.6) is 5.75 Å². The SMILES string of the molecule is COc1cccc(C(O)CN2C=CN(C(Cl)C(OCc3ccc(Cl)cc3Cl)c3ccc(Cl)cc3)C2)c1. The molecule has 1 aliphatic rings. The number of halogens is 4. The Kier molecular flexibility index (Phi) is 9.29. The van der Waals surface area contributed by atoms with E-state index in [0.29, 0.717) is 34.0 Å². The molecule has 0 spiro atoms. The van der Waals surface area contributed by atoms with Gasteiger partial charge in [-0.1, -0.05) is 76.7 Å². The van der Waals surface area contributed by atoms with Crippen LogP contribution in [-0.4, -0.2) is 40.7 Å². The summed E-state index contributed by atoms with van der Waals surface area (Å²) in [4.78, 5) is 3.96. The molecular formula is C27H26Cl4N2O3. The number of ether oxygens (including phenoxy) is 2. The number of hydrogen-bond donors (Lipinski definition) is 1. The van der Waals surface area contributed by atoms with Crippen LogP contribution < -0.4 is 4.74 Å². The molecule has 1 aliphatic heterocycles. The van der Waals surface area contributed by atoms with Crippen LogP contribution in [0.15, 0.2) is 79.1 Å². The zero-order valence-electron chi connectivity index (χ0n) is 19.5. The maximum Gasteiger partial charge on any atom is 0.135 e. The minimum Gasteiger partial charge on any atom is -0.497 e. The van der Waals surface area contributed by atoms with Crippen molar-refractivity contribution in [2.24, 2.45) is 0 Å². The zero-order valence-corrected chi connectivity index (χ0v) is 22.6. The molecule has 4 rings (SSSR count). The van der Waals surface area contributed by atoms with Crippen molar-refractivity contribution in [3.8, 4) is 5.75 Å². The van der Waals surface area contributed by atoms with E-state index in [4.69, 9.17) is 55.9 Å². The predicted octanol–water partition coefficient (Wildman–Crippen LogP) is 7.26. The Balaban J connectivity index is 1.44. The number of alkyl halides is 1. The lowest BCUT2D eigenvalue weighted by Crippen LogP contribution is -2.36. The van der Waals surface area contributed by atoms with Gasteiger partial charge in [-0.25, -0.2) is 0 Å². The van der Waals surface area contributed by atoms with Gasteiger partial charge in [0.15, 0.2) is 0 Å². The van der Waals surface area contributed by atoms with Crippen LogP contribution >= 0.6 is 46.4 Å². The third-order valence-corrected chi connectivity index (χ3v) is 7.22. The molecule has 5 nitrogen and oxygen atoms in total. The van der Waals surface area contributed by atoms with Crippen LogP contribution in [0.2, 0.25) is 15.1 Å². The summed E-state index contributed by atoms with van der Waals surface area (Å²) in [6, 6.07) is 20.1. The Morgan fingerprint density at radius 3 is 2.39 bits per heavy atom. The Labute approximate surface area is 231 Å². The molecule has 3 aromatic rings. The first-order chi connectivity index (χ1) is 17.3. The summed E-state index contributed by atoms with van der Waals surface area (Å²) in [5.41, 5.74) is 1.94. The molecule has 0 saturated heterocycles. The van der Waals surface area contributed by atoms with Crippen LogP contribution in [0.25, 0.3) is 0 Å². The largest absolute Gasteiger partial charge is 0.497 e. The van der Waals surface area contributed by atoms with Crippen molar-refractivity contribution < 1.29 is 14.6 Å². The van der Waals surface area contributed by atoms with E-state index in [0.717, 1.165) is 16.7 Å². The van der Waals surface area contributed by atoms with Gasteiger partial charge in [-0.05, 0) is 53.1 Å². The van der Waals surface area contributed by atoms with Gasteiger partial charge in [0, 0.05) is 34.0 Å². The topological polar surface area (TPSA) is 45.2 Å². The number of methoxy groups -OCH3 is 1. The summed E-state index contributed by atoms with van der Waals surface area (Å²) in [6.45, 7) is 1.14. The fourth-order valence-corrected chi connectivity index (χ4v) is 4.85. The van der Waals surface area contributed by atoms with Crippen molar-refractivity contribution >= 4 is 46.4 Å². The Morgan fingerprint density at radius 1 is 0.917 bits per heavy atom. The highest BCUT2D eigenvalue weighted by atomic mass is 35.5. The van der Waals surface area contributed by atoms with Crippen molar-refractivity contribution in [1.82, 2.24) is 9.80 Å². The van der Waals surface area contributed by atoms with E-state index in [-0.39, 0.29) is 6.61 Å². The molecule has 0 aliphatic carbocycles. The summed E-state index contributed by atoms with van der Waals surface area (Å²) >= 11 is 25.5. The highest BCUT2D eigenvalue weighted by Crippen LogP contribution is 2.33. The molecule has 0 amide bonds. The quantitative estimate of drug-likeness (QED) is 0.206. The van der Waals surface area contributed by atoms with Crippen LogP contribution in [0, 0.1) is 0 Å². The molecule has 0 radical (unpaired) electrons. The number of nitrogens with zero attached hydrogens (tertiary/aromatic N) is 2. The first kappa shape index (κ1) is 26.9. The second-order valence-electron chi connectivity index (χ2n) is 8.41. The maximum absolute atomic E-state index is 10.8. The third-order valence-electron chi connectivity index (χ3n) is 5.90. The van der Waals surface area contributed by atoms with E-state index in [1.807, 2.05) is 76.8 Å². The van der Waals surface area contributed by atoms with Crippen molar-refractivity contribution in [2.45, 2.75) is 24.3 Å². The molecule has 3 atom stereocenters. The first-order valence-electron chi connectivity index (χ1n) is 11.3. The van der Waals surface area contributed by atoms with E-state index in [9.17, 15) is 5.11 Å². The highest BCUT2D eigenvalue weighted by molar-refractivity contribution is 6.35. The van der Waals surface area contributed by atoms with E-state index >= 15 is 0 Å².